The van der Waals surface area contributed by atoms with E-state index in [0.29, 0.717) is 0 Å². The number of anilines is 1. The van der Waals surface area contributed by atoms with Crippen LogP contribution in [0.15, 0.2) is 64.5 Å². The van der Waals surface area contributed by atoms with Crippen molar-refractivity contribution in [1.82, 2.24) is 0 Å². The van der Waals surface area contributed by atoms with Gasteiger partial charge in [-0.25, -0.2) is 0 Å². The molecule has 0 amide bonds. The normalized spacial score (nSPS) is 15.1. The molecule has 1 heterocycles. The molecule has 0 aliphatic carbocycles. The van der Waals surface area contributed by atoms with Crippen molar-refractivity contribution in [2.45, 2.75) is 18.2 Å². The van der Waals surface area contributed by atoms with Crippen molar-refractivity contribution in [3.63, 3.8) is 0 Å². The van der Waals surface area contributed by atoms with Gasteiger partial charge in [0.25, 0.3) is 0 Å². The molecule has 3 nitrogen and oxygen atoms in total. The predicted molar refractivity (Wildman–Crippen MR) is 90.2 cm³/mol. The Hall–Kier alpha value is -2.20. The molecule has 1 aliphatic rings. The maximum Gasteiger partial charge on any atom is 0.155 e. The molecule has 0 fully saturated rings. The highest BCUT2D eigenvalue weighted by Crippen LogP contribution is 2.47. The summed E-state index contributed by atoms with van der Waals surface area (Å²) in [6.45, 7) is 2.33. The maximum atomic E-state index is 11.5. The third-order valence-corrected chi connectivity index (χ3v) is 4.62. The van der Waals surface area contributed by atoms with Gasteiger partial charge in [0.1, 0.15) is 5.75 Å². The molecule has 0 unspecified atom stereocenters. The van der Waals surface area contributed by atoms with Crippen LogP contribution >= 0.6 is 11.8 Å². The van der Waals surface area contributed by atoms with Gasteiger partial charge in [0, 0.05) is 23.6 Å². The number of allylic oxidation sites excluding steroid dienone is 1. The molecule has 2 aromatic rings. The second kappa shape index (κ2) is 6.28. The van der Waals surface area contributed by atoms with E-state index in [1.807, 2.05) is 24.3 Å². The summed E-state index contributed by atoms with van der Waals surface area (Å²) in [7, 11) is 0. The zero-order valence-corrected chi connectivity index (χ0v) is 13.1. The Morgan fingerprint density at radius 3 is 2.73 bits per heavy atom. The number of thioether (sulfide) groups is 1. The number of nitrogens with zero attached hydrogens (tertiary/aromatic N) is 1. The summed E-state index contributed by atoms with van der Waals surface area (Å²) in [5, 5.41) is 10.7. The number of rotatable bonds is 4. The lowest BCUT2D eigenvalue weighted by molar-refractivity contribution is -0.112. The van der Waals surface area contributed by atoms with Gasteiger partial charge >= 0.3 is 0 Å². The van der Waals surface area contributed by atoms with Crippen molar-refractivity contribution in [1.29, 1.82) is 0 Å². The number of carbonyl (C=O) groups is 1. The van der Waals surface area contributed by atoms with E-state index >= 15 is 0 Å². The fraction of sp³-hybridized carbons (Fsp3) is 0.167. The molecule has 0 radical (unpaired) electrons. The molecule has 4 heteroatoms. The first-order valence-electron chi connectivity index (χ1n) is 7.18. The second-order valence-corrected chi connectivity index (χ2v) is 6.30. The van der Waals surface area contributed by atoms with E-state index in [-0.39, 0.29) is 11.5 Å². The van der Waals surface area contributed by atoms with Gasteiger partial charge in [0.2, 0.25) is 0 Å². The summed E-state index contributed by atoms with van der Waals surface area (Å²) in [4.78, 5) is 14.6. The number of fused-ring (bicyclic) bond motifs is 1. The molecule has 1 aliphatic heterocycles. The molecule has 0 aromatic heterocycles. The van der Waals surface area contributed by atoms with Crippen molar-refractivity contribution >= 4 is 23.2 Å². The van der Waals surface area contributed by atoms with Gasteiger partial charge in [0.05, 0.1) is 10.7 Å². The molecule has 0 saturated heterocycles. The Bertz CT molecular complexity index is 725. The minimum Gasteiger partial charge on any atom is -0.508 e. The van der Waals surface area contributed by atoms with Gasteiger partial charge in [-0.2, -0.15) is 0 Å². The highest BCUT2D eigenvalue weighted by Gasteiger charge is 2.25. The molecule has 0 saturated carbocycles. The lowest BCUT2D eigenvalue weighted by Crippen LogP contribution is -2.21. The summed E-state index contributed by atoms with van der Waals surface area (Å²) in [6.07, 6.45) is 2.54. The van der Waals surface area contributed by atoms with Crippen molar-refractivity contribution in [3.8, 4) is 5.75 Å². The third kappa shape index (κ3) is 3.17. The van der Waals surface area contributed by atoms with Gasteiger partial charge in [0.15, 0.2) is 5.78 Å². The minimum atomic E-state index is 0.0317. The average molecular weight is 311 g/mol. The first-order chi connectivity index (χ1) is 10.6. The minimum absolute atomic E-state index is 0.0317. The Kier molecular flexibility index (Phi) is 4.20. The molecule has 0 atom stereocenters. The molecule has 22 heavy (non-hydrogen) atoms. The van der Waals surface area contributed by atoms with Gasteiger partial charge in [-0.3, -0.25) is 4.79 Å². The highest BCUT2D eigenvalue weighted by molar-refractivity contribution is 8.03. The SMILES string of the molecule is CC(=O)/C=C1\Sc2ccc(O)cc2N1CCc1ccccc1. The number of benzene rings is 2. The topological polar surface area (TPSA) is 40.5 Å². The number of phenols is 1. The van der Waals surface area contributed by atoms with Crippen LogP contribution in [0.2, 0.25) is 0 Å². The molecule has 1 N–H and O–H groups in total. The second-order valence-electron chi connectivity index (χ2n) is 5.23. The number of carbonyl (C=O) groups excluding carboxylic acids is 1. The first-order valence-corrected chi connectivity index (χ1v) is 8.00. The van der Waals surface area contributed by atoms with E-state index in [4.69, 9.17) is 0 Å². The largest absolute Gasteiger partial charge is 0.508 e. The number of hydrogen-bond acceptors (Lipinski definition) is 4. The maximum absolute atomic E-state index is 11.5. The quantitative estimate of drug-likeness (QED) is 0.867. The lowest BCUT2D eigenvalue weighted by atomic mass is 10.1. The Labute approximate surface area is 134 Å². The summed E-state index contributed by atoms with van der Waals surface area (Å²) < 4.78 is 0. The van der Waals surface area contributed by atoms with Crippen LogP contribution in [0.5, 0.6) is 5.75 Å². The van der Waals surface area contributed by atoms with Crippen LogP contribution in [0.1, 0.15) is 12.5 Å². The first kappa shape index (κ1) is 14.7. The van der Waals surface area contributed by atoms with Crippen LogP contribution in [-0.2, 0) is 11.2 Å². The monoisotopic (exact) mass is 311 g/mol. The van der Waals surface area contributed by atoms with Crippen LogP contribution in [0.25, 0.3) is 0 Å². The van der Waals surface area contributed by atoms with Crippen LogP contribution < -0.4 is 4.90 Å². The number of phenolic OH excluding ortho intramolecular Hbond substituents is 1. The molecule has 2 aromatic carbocycles. The van der Waals surface area contributed by atoms with Crippen molar-refractivity contribution in [3.05, 3.63) is 65.2 Å². The van der Waals surface area contributed by atoms with Crippen LogP contribution in [0.3, 0.4) is 0 Å². The van der Waals surface area contributed by atoms with E-state index in [0.717, 1.165) is 28.6 Å². The van der Waals surface area contributed by atoms with Crippen molar-refractivity contribution in [2.24, 2.45) is 0 Å². The van der Waals surface area contributed by atoms with Crippen LogP contribution in [0, 0.1) is 0 Å². The molecular weight excluding hydrogens is 294 g/mol. The zero-order valence-electron chi connectivity index (χ0n) is 12.3. The molecule has 3 rings (SSSR count). The number of ketones is 1. The van der Waals surface area contributed by atoms with Crippen molar-refractivity contribution < 1.29 is 9.90 Å². The number of hydrogen-bond donors (Lipinski definition) is 1. The molecular formula is C18H17NO2S. The van der Waals surface area contributed by atoms with E-state index in [1.165, 1.54) is 5.56 Å². The Morgan fingerprint density at radius 1 is 1.23 bits per heavy atom. The summed E-state index contributed by atoms with van der Waals surface area (Å²) >= 11 is 1.57. The summed E-state index contributed by atoms with van der Waals surface area (Å²) in [6, 6.07) is 15.6. The summed E-state index contributed by atoms with van der Waals surface area (Å²) in [5.74, 6) is 0.275. The standard InChI is InChI=1S/C18H17NO2S/c1-13(20)11-18-19(10-9-14-5-3-2-4-6-14)16-12-15(21)7-8-17(16)22-18/h2-8,11-12,21H,9-10H2,1H3/b18-11-. The van der Waals surface area contributed by atoms with Gasteiger partial charge in [-0.1, -0.05) is 42.1 Å². The van der Waals surface area contributed by atoms with Gasteiger partial charge in [-0.15, -0.1) is 0 Å². The fourth-order valence-electron chi connectivity index (χ4n) is 2.49. The van der Waals surface area contributed by atoms with E-state index in [9.17, 15) is 9.90 Å². The van der Waals surface area contributed by atoms with Crippen LogP contribution in [-0.4, -0.2) is 17.4 Å². The van der Waals surface area contributed by atoms with Crippen molar-refractivity contribution in [2.75, 3.05) is 11.4 Å². The third-order valence-electron chi connectivity index (χ3n) is 3.51. The Morgan fingerprint density at radius 2 is 2.00 bits per heavy atom. The van der Waals surface area contributed by atoms with E-state index in [1.54, 1.807) is 36.9 Å². The van der Waals surface area contributed by atoms with Crippen LogP contribution in [0.4, 0.5) is 5.69 Å². The van der Waals surface area contributed by atoms with E-state index in [2.05, 4.69) is 17.0 Å². The predicted octanol–water partition coefficient (Wildman–Crippen LogP) is 3.98. The average Bonchev–Trinajstić information content (AvgIpc) is 2.82. The molecule has 0 spiro atoms. The van der Waals surface area contributed by atoms with Gasteiger partial charge in [-0.05, 0) is 31.0 Å². The number of aromatic hydroxyl groups is 1. The molecule has 0 bridgehead atoms. The van der Waals surface area contributed by atoms with E-state index < -0.39 is 0 Å². The summed E-state index contributed by atoms with van der Waals surface area (Å²) in [5.41, 5.74) is 2.22. The Balaban J connectivity index is 1.87. The smallest absolute Gasteiger partial charge is 0.155 e. The lowest BCUT2D eigenvalue weighted by Gasteiger charge is -2.20. The fourth-order valence-corrected chi connectivity index (χ4v) is 3.65. The zero-order chi connectivity index (χ0) is 15.5. The van der Waals surface area contributed by atoms with Gasteiger partial charge < -0.3 is 10.0 Å². The highest BCUT2D eigenvalue weighted by atomic mass is 32.2. The molecule has 112 valence electrons.